The predicted octanol–water partition coefficient (Wildman–Crippen LogP) is 7.95. The lowest BCUT2D eigenvalue weighted by atomic mass is 9.71. The topological polar surface area (TPSA) is 58.6 Å². The Morgan fingerprint density at radius 3 is 2.17 bits per heavy atom. The monoisotopic (exact) mass is 479 g/mol. The molecule has 0 bridgehead atoms. The van der Waals surface area contributed by atoms with Crippen LogP contribution in [0.3, 0.4) is 0 Å². The van der Waals surface area contributed by atoms with Crippen molar-refractivity contribution >= 4 is 11.8 Å². The number of phenols is 1. The molecule has 0 heterocycles. The first-order valence-electron chi connectivity index (χ1n) is 12.3. The fourth-order valence-corrected chi connectivity index (χ4v) is 4.75. The van der Waals surface area contributed by atoms with Crippen LogP contribution in [0.4, 0.5) is 10.5 Å². The highest BCUT2D eigenvalue weighted by Gasteiger charge is 2.30. The maximum Gasteiger partial charge on any atom is 0.417 e. The van der Waals surface area contributed by atoms with Gasteiger partial charge in [-0.25, -0.2) is 4.79 Å². The van der Waals surface area contributed by atoms with Gasteiger partial charge in [-0.3, -0.25) is 5.32 Å². The maximum absolute atomic E-state index is 12.6. The lowest BCUT2D eigenvalue weighted by Crippen LogP contribution is -2.26. The molecule has 4 heteroatoms. The number of carbonyl (C=O) groups is 1. The molecule has 0 aliphatic heterocycles. The number of aromatic hydroxyl groups is 1. The Hall–Kier alpha value is -4.05. The number of hydrogen-bond donors (Lipinski definition) is 2. The summed E-state index contributed by atoms with van der Waals surface area (Å²) in [6.07, 6.45) is 1.22. The van der Waals surface area contributed by atoms with Crippen molar-refractivity contribution in [2.45, 2.75) is 39.0 Å². The van der Waals surface area contributed by atoms with E-state index < -0.39 is 6.09 Å². The number of hydrogen-bond acceptors (Lipinski definition) is 3. The summed E-state index contributed by atoms with van der Waals surface area (Å²) in [6, 6.07) is 33.1. The normalized spacial score (nSPS) is 12.7. The van der Waals surface area contributed by atoms with Crippen LogP contribution < -0.4 is 10.1 Å². The summed E-state index contributed by atoms with van der Waals surface area (Å²) >= 11 is 0. The van der Waals surface area contributed by atoms with Gasteiger partial charge in [-0.15, -0.1) is 0 Å². The number of benzene rings is 4. The molecular weight excluding hydrogens is 446 g/mol. The molecule has 2 N–H and O–H groups in total. The standard InChI is InChI=1S/C32H33NO3/c1-23(2)22-32(3,26-14-16-29(34)17-15-26)27-10-7-11-28(21-27)33-31(35)36-30-18-12-25(13-19-30)20-24-8-5-4-6-9-24/h4-19,21,23,34H,20,22H2,1-3H3,(H,33,35). The van der Waals surface area contributed by atoms with Crippen molar-refractivity contribution in [2.24, 2.45) is 5.92 Å². The number of rotatable bonds is 8. The summed E-state index contributed by atoms with van der Waals surface area (Å²) in [4.78, 5) is 12.6. The van der Waals surface area contributed by atoms with Gasteiger partial charge in [0.25, 0.3) is 0 Å². The third-order valence-electron chi connectivity index (χ3n) is 6.45. The first-order chi connectivity index (χ1) is 17.3. The van der Waals surface area contributed by atoms with Crippen molar-refractivity contribution in [1.29, 1.82) is 0 Å². The van der Waals surface area contributed by atoms with E-state index in [4.69, 9.17) is 4.74 Å². The molecule has 0 spiro atoms. The van der Waals surface area contributed by atoms with E-state index in [2.05, 4.69) is 44.3 Å². The third kappa shape index (κ3) is 6.33. The van der Waals surface area contributed by atoms with Crippen molar-refractivity contribution in [3.8, 4) is 11.5 Å². The average molecular weight is 480 g/mol. The van der Waals surface area contributed by atoms with Crippen molar-refractivity contribution in [3.63, 3.8) is 0 Å². The quantitative estimate of drug-likeness (QED) is 0.270. The number of carbonyl (C=O) groups excluding carboxylic acids is 1. The highest BCUT2D eigenvalue weighted by molar-refractivity contribution is 5.86. The fourth-order valence-electron chi connectivity index (χ4n) is 4.75. The Kier molecular flexibility index (Phi) is 7.74. The first-order valence-corrected chi connectivity index (χ1v) is 12.3. The van der Waals surface area contributed by atoms with Crippen molar-refractivity contribution in [3.05, 3.63) is 125 Å². The van der Waals surface area contributed by atoms with E-state index >= 15 is 0 Å². The lowest BCUT2D eigenvalue weighted by Gasteiger charge is -2.33. The van der Waals surface area contributed by atoms with Crippen LogP contribution in [0.5, 0.6) is 11.5 Å². The van der Waals surface area contributed by atoms with Crippen LogP contribution in [0.15, 0.2) is 103 Å². The highest BCUT2D eigenvalue weighted by Crippen LogP contribution is 2.39. The van der Waals surface area contributed by atoms with Crippen LogP contribution >= 0.6 is 0 Å². The zero-order valence-corrected chi connectivity index (χ0v) is 21.1. The second kappa shape index (κ2) is 11.1. The summed E-state index contributed by atoms with van der Waals surface area (Å²) in [5.74, 6) is 1.20. The van der Waals surface area contributed by atoms with Crippen molar-refractivity contribution in [2.75, 3.05) is 5.32 Å². The minimum Gasteiger partial charge on any atom is -0.508 e. The number of anilines is 1. The summed E-state index contributed by atoms with van der Waals surface area (Å²) in [5, 5.41) is 12.6. The first kappa shape index (κ1) is 25.1. The number of amides is 1. The van der Waals surface area contributed by atoms with Gasteiger partial charge in [0.15, 0.2) is 0 Å². The largest absolute Gasteiger partial charge is 0.508 e. The molecule has 4 aromatic rings. The summed E-state index contributed by atoms with van der Waals surface area (Å²) in [5.41, 5.74) is 4.99. The van der Waals surface area contributed by atoms with Gasteiger partial charge in [0, 0.05) is 11.1 Å². The summed E-state index contributed by atoms with van der Waals surface area (Å²) in [7, 11) is 0. The molecule has 0 radical (unpaired) electrons. The van der Waals surface area contributed by atoms with Gasteiger partial charge in [-0.1, -0.05) is 87.5 Å². The van der Waals surface area contributed by atoms with Crippen molar-refractivity contribution in [1.82, 2.24) is 0 Å². The van der Waals surface area contributed by atoms with Gasteiger partial charge in [-0.05, 0) is 77.4 Å². The van der Waals surface area contributed by atoms with Gasteiger partial charge >= 0.3 is 6.09 Å². The fraction of sp³-hybridized carbons (Fsp3) is 0.219. The second-order valence-corrected chi connectivity index (χ2v) is 9.88. The second-order valence-electron chi connectivity index (χ2n) is 9.88. The van der Waals surface area contributed by atoms with Gasteiger partial charge in [0.05, 0.1) is 0 Å². The SMILES string of the molecule is CC(C)CC(C)(c1ccc(O)cc1)c1cccc(NC(=O)Oc2ccc(Cc3ccccc3)cc2)c1. The molecule has 0 aliphatic carbocycles. The van der Waals surface area contributed by atoms with Crippen LogP contribution in [0.25, 0.3) is 0 Å². The molecule has 4 aromatic carbocycles. The van der Waals surface area contributed by atoms with Crippen LogP contribution in [-0.4, -0.2) is 11.2 Å². The molecular formula is C32H33NO3. The van der Waals surface area contributed by atoms with Gasteiger partial charge in [0.2, 0.25) is 0 Å². The molecule has 0 aromatic heterocycles. The average Bonchev–Trinajstić information content (AvgIpc) is 2.86. The van der Waals surface area contributed by atoms with E-state index in [1.54, 1.807) is 12.1 Å². The number of ether oxygens (including phenoxy) is 1. The van der Waals surface area contributed by atoms with Gasteiger partial charge < -0.3 is 9.84 Å². The Labute approximate surface area is 213 Å². The molecule has 1 amide bonds. The summed E-state index contributed by atoms with van der Waals surface area (Å²) < 4.78 is 5.53. The zero-order chi connectivity index (χ0) is 25.5. The molecule has 4 nitrogen and oxygen atoms in total. The van der Waals surface area contributed by atoms with E-state index in [0.29, 0.717) is 17.4 Å². The minimum absolute atomic E-state index is 0.247. The van der Waals surface area contributed by atoms with Crippen LogP contribution in [-0.2, 0) is 11.8 Å². The van der Waals surface area contributed by atoms with Crippen LogP contribution in [0, 0.1) is 5.92 Å². The van der Waals surface area contributed by atoms with Gasteiger partial charge in [0.1, 0.15) is 11.5 Å². The molecule has 4 rings (SSSR count). The van der Waals surface area contributed by atoms with E-state index in [1.165, 1.54) is 5.56 Å². The van der Waals surface area contributed by atoms with Crippen molar-refractivity contribution < 1.29 is 14.6 Å². The van der Waals surface area contributed by atoms with E-state index in [9.17, 15) is 9.90 Å². The molecule has 1 atom stereocenters. The Morgan fingerprint density at radius 2 is 1.50 bits per heavy atom. The molecule has 0 saturated heterocycles. The van der Waals surface area contributed by atoms with E-state index in [-0.39, 0.29) is 11.2 Å². The maximum atomic E-state index is 12.6. The van der Waals surface area contributed by atoms with E-state index in [0.717, 1.165) is 29.5 Å². The Morgan fingerprint density at radius 1 is 0.833 bits per heavy atom. The predicted molar refractivity (Wildman–Crippen MR) is 146 cm³/mol. The molecule has 0 fully saturated rings. The van der Waals surface area contributed by atoms with E-state index in [1.807, 2.05) is 72.8 Å². The molecule has 1 unspecified atom stereocenters. The molecule has 184 valence electrons. The molecule has 36 heavy (non-hydrogen) atoms. The smallest absolute Gasteiger partial charge is 0.417 e. The zero-order valence-electron chi connectivity index (χ0n) is 21.1. The summed E-state index contributed by atoms with van der Waals surface area (Å²) in [6.45, 7) is 6.60. The Balaban J connectivity index is 1.46. The van der Waals surface area contributed by atoms with Crippen LogP contribution in [0.2, 0.25) is 0 Å². The number of nitrogens with one attached hydrogen (secondary N) is 1. The lowest BCUT2D eigenvalue weighted by molar-refractivity contribution is 0.215. The number of phenolic OH excluding ortho intramolecular Hbond substituents is 1. The minimum atomic E-state index is -0.529. The highest BCUT2D eigenvalue weighted by atomic mass is 16.6. The van der Waals surface area contributed by atoms with Crippen LogP contribution in [0.1, 0.15) is 49.4 Å². The Bertz CT molecular complexity index is 1280. The molecule has 0 saturated carbocycles. The third-order valence-corrected chi connectivity index (χ3v) is 6.45. The van der Waals surface area contributed by atoms with Gasteiger partial charge in [-0.2, -0.15) is 0 Å². The molecule has 0 aliphatic rings.